The Hall–Kier alpha value is -2.39. The van der Waals surface area contributed by atoms with E-state index in [1.54, 1.807) is 0 Å². The summed E-state index contributed by atoms with van der Waals surface area (Å²) >= 11 is 1.16. The number of hydrogen-bond acceptors (Lipinski definition) is 7. The summed E-state index contributed by atoms with van der Waals surface area (Å²) in [5, 5.41) is 17.0. The molecule has 144 valence electrons. The van der Waals surface area contributed by atoms with Crippen molar-refractivity contribution in [3.8, 4) is 0 Å². The van der Waals surface area contributed by atoms with Crippen LogP contribution in [0.15, 0.2) is 27.8 Å². The van der Waals surface area contributed by atoms with E-state index in [4.69, 9.17) is 4.42 Å². The smallest absolute Gasteiger partial charge is 0.277 e. The number of amides is 2. The second-order valence-corrected chi connectivity index (χ2v) is 7.36. The fourth-order valence-electron chi connectivity index (χ4n) is 2.87. The van der Waals surface area contributed by atoms with Crippen LogP contribution in [0, 0.1) is 13.8 Å². The Kier molecular flexibility index (Phi) is 6.46. The molecule has 1 atom stereocenters. The summed E-state index contributed by atoms with van der Waals surface area (Å²) < 4.78 is 5.57. The lowest BCUT2D eigenvalue weighted by Crippen LogP contribution is -2.34. The molecule has 1 aromatic carbocycles. The van der Waals surface area contributed by atoms with E-state index in [1.165, 1.54) is 0 Å². The van der Waals surface area contributed by atoms with E-state index in [9.17, 15) is 9.59 Å². The minimum absolute atomic E-state index is 0.0890. The predicted molar refractivity (Wildman–Crippen MR) is 103 cm³/mol. The van der Waals surface area contributed by atoms with Crippen molar-refractivity contribution in [2.24, 2.45) is 0 Å². The Labute approximate surface area is 161 Å². The van der Waals surface area contributed by atoms with Crippen LogP contribution in [0.3, 0.4) is 0 Å². The molecule has 0 bridgehead atoms. The third kappa shape index (κ3) is 5.30. The minimum atomic E-state index is -0.268. The van der Waals surface area contributed by atoms with Crippen molar-refractivity contribution < 1.29 is 14.0 Å². The van der Waals surface area contributed by atoms with Gasteiger partial charge in [0.1, 0.15) is 0 Å². The van der Waals surface area contributed by atoms with Gasteiger partial charge in [0.15, 0.2) is 0 Å². The molecule has 1 aliphatic heterocycles. The molecule has 3 N–H and O–H groups in total. The molecular weight excluding hydrogens is 366 g/mol. The lowest BCUT2D eigenvalue weighted by molar-refractivity contribution is -0.122. The first-order valence-corrected chi connectivity index (χ1v) is 9.84. The number of rotatable bonds is 7. The van der Waals surface area contributed by atoms with Crippen LogP contribution in [-0.4, -0.2) is 40.9 Å². The van der Waals surface area contributed by atoms with Crippen LogP contribution in [0.5, 0.6) is 0 Å². The van der Waals surface area contributed by atoms with Crippen LogP contribution in [-0.2, 0) is 9.59 Å². The molecule has 0 saturated carbocycles. The third-order valence-corrected chi connectivity index (χ3v) is 5.12. The molecule has 0 aliphatic carbocycles. The Morgan fingerprint density at radius 3 is 2.74 bits per heavy atom. The van der Waals surface area contributed by atoms with Crippen LogP contribution in [0.1, 0.15) is 35.9 Å². The third-order valence-electron chi connectivity index (χ3n) is 4.30. The van der Waals surface area contributed by atoms with Gasteiger partial charge in [0.05, 0.1) is 18.3 Å². The Balaban J connectivity index is 1.41. The second-order valence-electron chi connectivity index (χ2n) is 6.44. The van der Waals surface area contributed by atoms with Gasteiger partial charge in [-0.05, 0) is 44.4 Å². The van der Waals surface area contributed by atoms with E-state index >= 15 is 0 Å². The molecule has 1 aromatic heterocycles. The van der Waals surface area contributed by atoms with Crippen LogP contribution in [0.4, 0.5) is 5.69 Å². The molecule has 2 heterocycles. The largest absolute Gasteiger partial charge is 0.414 e. The van der Waals surface area contributed by atoms with Crippen LogP contribution in [0.2, 0.25) is 0 Å². The number of para-hydroxylation sites is 1. The highest BCUT2D eigenvalue weighted by molar-refractivity contribution is 7.99. The van der Waals surface area contributed by atoms with Crippen molar-refractivity contribution in [2.75, 3.05) is 24.2 Å². The SMILES string of the molecule is Cc1cccc(C)c1NC(=O)CNC(=O)CSc1nnc(C2CCCN2)o1. The van der Waals surface area contributed by atoms with Gasteiger partial charge in [-0.1, -0.05) is 30.0 Å². The first-order chi connectivity index (χ1) is 13.0. The van der Waals surface area contributed by atoms with Gasteiger partial charge >= 0.3 is 0 Å². The van der Waals surface area contributed by atoms with Gasteiger partial charge in [-0.3, -0.25) is 9.59 Å². The van der Waals surface area contributed by atoms with E-state index < -0.39 is 0 Å². The quantitative estimate of drug-likeness (QED) is 0.621. The fraction of sp³-hybridized carbons (Fsp3) is 0.444. The molecule has 1 unspecified atom stereocenters. The molecule has 0 spiro atoms. The number of aryl methyl sites for hydroxylation is 2. The molecule has 27 heavy (non-hydrogen) atoms. The van der Waals surface area contributed by atoms with Gasteiger partial charge < -0.3 is 20.4 Å². The monoisotopic (exact) mass is 389 g/mol. The first kappa shape index (κ1) is 19.4. The average Bonchev–Trinajstić information content (AvgIpc) is 3.32. The van der Waals surface area contributed by atoms with E-state index in [-0.39, 0.29) is 30.2 Å². The van der Waals surface area contributed by atoms with Crippen molar-refractivity contribution in [1.82, 2.24) is 20.8 Å². The zero-order valence-electron chi connectivity index (χ0n) is 15.4. The highest BCUT2D eigenvalue weighted by Gasteiger charge is 2.22. The lowest BCUT2D eigenvalue weighted by Gasteiger charge is -2.11. The number of thioether (sulfide) groups is 1. The maximum Gasteiger partial charge on any atom is 0.277 e. The number of anilines is 1. The molecule has 2 amide bonds. The molecule has 0 radical (unpaired) electrons. The number of nitrogens with zero attached hydrogens (tertiary/aromatic N) is 2. The summed E-state index contributed by atoms with van der Waals surface area (Å²) in [5.41, 5.74) is 2.74. The van der Waals surface area contributed by atoms with E-state index in [0.717, 1.165) is 48.0 Å². The highest BCUT2D eigenvalue weighted by Crippen LogP contribution is 2.24. The number of carbonyl (C=O) groups excluding carboxylic acids is 2. The number of hydrogen-bond donors (Lipinski definition) is 3. The van der Waals surface area contributed by atoms with Crippen molar-refractivity contribution in [2.45, 2.75) is 38.0 Å². The van der Waals surface area contributed by atoms with Crippen LogP contribution in [0.25, 0.3) is 0 Å². The van der Waals surface area contributed by atoms with Gasteiger partial charge in [-0.2, -0.15) is 0 Å². The number of aromatic nitrogens is 2. The number of carbonyl (C=O) groups is 2. The zero-order chi connectivity index (χ0) is 19.2. The summed E-state index contributed by atoms with van der Waals surface area (Å²) in [6.07, 6.45) is 2.06. The van der Waals surface area contributed by atoms with E-state index in [1.807, 2.05) is 32.0 Å². The predicted octanol–water partition coefficient (Wildman–Crippen LogP) is 1.96. The number of nitrogens with one attached hydrogen (secondary N) is 3. The Morgan fingerprint density at radius 1 is 1.26 bits per heavy atom. The minimum Gasteiger partial charge on any atom is -0.414 e. The van der Waals surface area contributed by atoms with Gasteiger partial charge in [-0.25, -0.2) is 0 Å². The topological polar surface area (TPSA) is 109 Å². The van der Waals surface area contributed by atoms with Gasteiger partial charge in [-0.15, -0.1) is 10.2 Å². The zero-order valence-corrected chi connectivity index (χ0v) is 16.2. The molecule has 1 fully saturated rings. The van der Waals surface area contributed by atoms with Crippen molar-refractivity contribution in [1.29, 1.82) is 0 Å². The Morgan fingerprint density at radius 2 is 2.04 bits per heavy atom. The fourth-order valence-corrected chi connectivity index (χ4v) is 3.47. The average molecular weight is 389 g/mol. The lowest BCUT2D eigenvalue weighted by atomic mass is 10.1. The first-order valence-electron chi connectivity index (χ1n) is 8.85. The second kappa shape index (κ2) is 9.01. The van der Waals surface area contributed by atoms with Crippen molar-refractivity contribution in [3.05, 3.63) is 35.2 Å². The summed E-state index contributed by atoms with van der Waals surface area (Å²) in [6, 6.07) is 5.90. The summed E-state index contributed by atoms with van der Waals surface area (Å²) in [4.78, 5) is 24.0. The normalized spacial score (nSPS) is 16.3. The molecule has 3 rings (SSSR count). The molecule has 1 aliphatic rings. The maximum absolute atomic E-state index is 12.1. The van der Waals surface area contributed by atoms with Crippen LogP contribution >= 0.6 is 11.8 Å². The van der Waals surface area contributed by atoms with E-state index in [0.29, 0.717) is 11.1 Å². The van der Waals surface area contributed by atoms with Crippen molar-refractivity contribution >= 4 is 29.3 Å². The van der Waals surface area contributed by atoms with Crippen molar-refractivity contribution in [3.63, 3.8) is 0 Å². The summed E-state index contributed by atoms with van der Waals surface area (Å²) in [6.45, 7) is 4.71. The van der Waals surface area contributed by atoms with Gasteiger partial charge in [0, 0.05) is 5.69 Å². The highest BCUT2D eigenvalue weighted by atomic mass is 32.2. The van der Waals surface area contributed by atoms with Gasteiger partial charge in [0.2, 0.25) is 17.7 Å². The molecule has 1 saturated heterocycles. The number of benzene rings is 1. The molecule has 2 aromatic rings. The summed E-state index contributed by atoms with van der Waals surface area (Å²) in [7, 11) is 0. The maximum atomic E-state index is 12.1. The standard InChI is InChI=1S/C18H23N5O3S/c1-11-5-3-6-12(2)16(11)21-14(24)9-20-15(25)10-27-18-23-22-17(26-18)13-7-4-8-19-13/h3,5-6,13,19H,4,7-10H2,1-2H3,(H,20,25)(H,21,24). The Bertz CT molecular complexity index is 797. The van der Waals surface area contributed by atoms with Crippen LogP contribution < -0.4 is 16.0 Å². The summed E-state index contributed by atoms with van der Waals surface area (Å²) in [5.74, 6) is 0.132. The molecule has 8 nitrogen and oxygen atoms in total. The van der Waals surface area contributed by atoms with E-state index in [2.05, 4.69) is 26.1 Å². The van der Waals surface area contributed by atoms with Gasteiger partial charge in [0.25, 0.3) is 5.22 Å². The molecule has 9 heteroatoms. The molecular formula is C18H23N5O3S.